The Morgan fingerprint density at radius 2 is 1.90 bits per heavy atom. The monoisotopic (exact) mass is 330 g/mol. The summed E-state index contributed by atoms with van der Waals surface area (Å²) in [5.74, 6) is -1.08. The minimum absolute atomic E-state index is 0.0471. The van der Waals surface area contributed by atoms with Crippen LogP contribution in [0.3, 0.4) is 0 Å². The predicted octanol–water partition coefficient (Wildman–Crippen LogP) is 4.23. The summed E-state index contributed by atoms with van der Waals surface area (Å²) in [6.07, 6.45) is 1.55. The number of carbonyl (C=O) groups is 1. The van der Waals surface area contributed by atoms with Crippen LogP contribution >= 0.6 is 23.2 Å². The Bertz CT molecular complexity index is 675. The van der Waals surface area contributed by atoms with Gasteiger partial charge in [-0.15, -0.1) is 0 Å². The van der Waals surface area contributed by atoms with E-state index in [1.54, 1.807) is 6.20 Å². The number of halogens is 3. The van der Waals surface area contributed by atoms with Gasteiger partial charge in [0.15, 0.2) is 5.69 Å². The van der Waals surface area contributed by atoms with Gasteiger partial charge in [-0.05, 0) is 18.1 Å². The molecule has 0 saturated heterocycles. The molecule has 21 heavy (non-hydrogen) atoms. The third kappa shape index (κ3) is 2.89. The van der Waals surface area contributed by atoms with Crippen LogP contribution < -0.4 is 0 Å². The molecule has 2 rings (SSSR count). The van der Waals surface area contributed by atoms with E-state index in [1.165, 1.54) is 11.8 Å². The van der Waals surface area contributed by atoms with Crippen LogP contribution in [0.2, 0.25) is 10.0 Å². The van der Waals surface area contributed by atoms with E-state index in [2.05, 4.69) is 5.10 Å². The van der Waals surface area contributed by atoms with Crippen molar-refractivity contribution < 1.29 is 13.9 Å². The number of esters is 1. The molecule has 7 heteroatoms. The van der Waals surface area contributed by atoms with Gasteiger partial charge in [0.2, 0.25) is 0 Å². The zero-order valence-corrected chi connectivity index (χ0v) is 13.2. The van der Waals surface area contributed by atoms with Gasteiger partial charge < -0.3 is 4.74 Å². The van der Waals surface area contributed by atoms with Crippen molar-refractivity contribution in [3.63, 3.8) is 0 Å². The van der Waals surface area contributed by atoms with Crippen LogP contribution in [0.15, 0.2) is 18.3 Å². The van der Waals surface area contributed by atoms with Crippen molar-refractivity contribution >= 4 is 29.2 Å². The Hall–Kier alpha value is -1.59. The van der Waals surface area contributed by atoms with Gasteiger partial charge in [0.1, 0.15) is 11.5 Å². The number of hydrogen-bond donors (Lipinski definition) is 0. The molecule has 1 heterocycles. The van der Waals surface area contributed by atoms with Gasteiger partial charge in [-0.3, -0.25) is 0 Å². The molecule has 0 atom stereocenters. The molecule has 1 aromatic heterocycles. The summed E-state index contributed by atoms with van der Waals surface area (Å²) in [6, 6.07) is 2.22. The highest BCUT2D eigenvalue weighted by molar-refractivity contribution is 6.37. The second-order valence-corrected chi connectivity index (χ2v) is 5.54. The number of carbonyl (C=O) groups excluding carboxylic acids is 1. The lowest BCUT2D eigenvalue weighted by molar-refractivity contribution is 0.0588. The molecular weight excluding hydrogens is 318 g/mol. The summed E-state index contributed by atoms with van der Waals surface area (Å²) in [5.41, 5.74) is 1.16. The Morgan fingerprint density at radius 3 is 2.38 bits per heavy atom. The highest BCUT2D eigenvalue weighted by Gasteiger charge is 2.24. The first-order valence-electron chi connectivity index (χ1n) is 6.18. The molecule has 4 nitrogen and oxygen atoms in total. The van der Waals surface area contributed by atoms with Gasteiger partial charge in [0.05, 0.1) is 23.4 Å². The summed E-state index contributed by atoms with van der Waals surface area (Å²) in [7, 11) is 1.28. The van der Waals surface area contributed by atoms with Crippen LogP contribution in [0, 0.1) is 5.82 Å². The van der Waals surface area contributed by atoms with E-state index in [-0.39, 0.29) is 27.3 Å². The molecule has 0 bridgehead atoms. The van der Waals surface area contributed by atoms with Crippen LogP contribution in [0.1, 0.15) is 35.8 Å². The molecule has 0 radical (unpaired) electrons. The molecule has 0 N–H and O–H groups in total. The third-order valence-corrected chi connectivity index (χ3v) is 3.57. The van der Waals surface area contributed by atoms with Crippen LogP contribution in [0.4, 0.5) is 4.39 Å². The summed E-state index contributed by atoms with van der Waals surface area (Å²) < 4.78 is 19.4. The first-order valence-corrected chi connectivity index (χ1v) is 6.93. The molecule has 0 aliphatic carbocycles. The van der Waals surface area contributed by atoms with Gasteiger partial charge >= 0.3 is 5.97 Å². The minimum Gasteiger partial charge on any atom is -0.464 e. The van der Waals surface area contributed by atoms with Crippen molar-refractivity contribution in [2.24, 2.45) is 0 Å². The zero-order chi connectivity index (χ0) is 15.7. The highest BCUT2D eigenvalue weighted by atomic mass is 35.5. The summed E-state index contributed by atoms with van der Waals surface area (Å²) in [5, 5.41) is 4.27. The SMILES string of the molecule is COC(=O)c1c(C(C)C)cnn1-c1c(Cl)cc(F)cc1Cl. The van der Waals surface area contributed by atoms with Gasteiger partial charge in [-0.2, -0.15) is 5.10 Å². The summed E-state index contributed by atoms with van der Waals surface area (Å²) >= 11 is 12.1. The smallest absolute Gasteiger partial charge is 0.357 e. The zero-order valence-electron chi connectivity index (χ0n) is 11.7. The van der Waals surface area contributed by atoms with E-state index < -0.39 is 11.8 Å². The Balaban J connectivity index is 2.73. The molecule has 2 aromatic rings. The quantitative estimate of drug-likeness (QED) is 0.791. The second-order valence-electron chi connectivity index (χ2n) is 4.72. The number of rotatable bonds is 3. The maximum Gasteiger partial charge on any atom is 0.357 e. The lowest BCUT2D eigenvalue weighted by Crippen LogP contribution is -2.13. The van der Waals surface area contributed by atoms with Crippen LogP contribution in [-0.4, -0.2) is 22.9 Å². The topological polar surface area (TPSA) is 44.1 Å². The number of methoxy groups -OCH3 is 1. The van der Waals surface area contributed by atoms with E-state index in [1.807, 2.05) is 13.8 Å². The first kappa shape index (κ1) is 15.8. The van der Waals surface area contributed by atoms with Gasteiger partial charge in [-0.1, -0.05) is 37.0 Å². The van der Waals surface area contributed by atoms with Gasteiger partial charge in [-0.25, -0.2) is 13.9 Å². The van der Waals surface area contributed by atoms with Crippen molar-refractivity contribution in [1.82, 2.24) is 9.78 Å². The summed E-state index contributed by atoms with van der Waals surface area (Å²) in [6.45, 7) is 3.84. The van der Waals surface area contributed by atoms with Crippen molar-refractivity contribution in [1.29, 1.82) is 0 Å². The molecule has 0 aliphatic rings. The van der Waals surface area contributed by atoms with Gasteiger partial charge in [0.25, 0.3) is 0 Å². The molecule has 0 aliphatic heterocycles. The van der Waals surface area contributed by atoms with Crippen molar-refractivity contribution in [2.75, 3.05) is 7.11 Å². The molecular formula is C14H13Cl2FN2O2. The Kier molecular flexibility index (Phi) is 4.54. The average molecular weight is 331 g/mol. The molecule has 0 amide bonds. The number of hydrogen-bond acceptors (Lipinski definition) is 3. The van der Waals surface area contributed by atoms with E-state index >= 15 is 0 Å². The molecule has 0 fully saturated rings. The van der Waals surface area contributed by atoms with Crippen molar-refractivity contribution in [2.45, 2.75) is 19.8 Å². The van der Waals surface area contributed by atoms with Gasteiger partial charge in [0, 0.05) is 5.56 Å². The molecule has 0 unspecified atom stereocenters. The number of aromatic nitrogens is 2. The largest absolute Gasteiger partial charge is 0.464 e. The lowest BCUT2D eigenvalue weighted by Gasteiger charge is -2.12. The lowest BCUT2D eigenvalue weighted by atomic mass is 10.0. The summed E-state index contributed by atoms with van der Waals surface area (Å²) in [4.78, 5) is 12.0. The molecule has 112 valence electrons. The molecule has 1 aromatic carbocycles. The average Bonchev–Trinajstić information content (AvgIpc) is 2.81. The first-order chi connectivity index (χ1) is 9.86. The van der Waals surface area contributed by atoms with Crippen molar-refractivity contribution in [3.05, 3.63) is 45.4 Å². The van der Waals surface area contributed by atoms with Crippen LogP contribution in [-0.2, 0) is 4.74 Å². The van der Waals surface area contributed by atoms with Crippen molar-refractivity contribution in [3.8, 4) is 5.69 Å². The third-order valence-electron chi connectivity index (χ3n) is 2.99. The fraction of sp³-hybridized carbons (Fsp3) is 0.286. The molecule has 0 spiro atoms. The fourth-order valence-corrected chi connectivity index (χ4v) is 2.61. The predicted molar refractivity (Wildman–Crippen MR) is 79.0 cm³/mol. The standard InChI is InChI=1S/C14H13Cl2FN2O2/c1-7(2)9-6-18-19(12(9)14(20)21-3)13-10(15)4-8(17)5-11(13)16/h4-7H,1-3H3. The van der Waals surface area contributed by atoms with E-state index in [0.717, 1.165) is 12.1 Å². The van der Waals surface area contributed by atoms with E-state index in [4.69, 9.17) is 27.9 Å². The van der Waals surface area contributed by atoms with Crippen LogP contribution in [0.25, 0.3) is 5.69 Å². The highest BCUT2D eigenvalue weighted by Crippen LogP contribution is 2.32. The van der Waals surface area contributed by atoms with Crippen LogP contribution in [0.5, 0.6) is 0 Å². The second kappa shape index (κ2) is 6.03. The number of benzene rings is 1. The molecule has 0 saturated carbocycles. The number of nitrogens with zero attached hydrogens (tertiary/aromatic N) is 2. The maximum atomic E-state index is 13.3. The maximum absolute atomic E-state index is 13.3. The normalized spacial score (nSPS) is 11.0. The number of ether oxygens (including phenoxy) is 1. The fourth-order valence-electron chi connectivity index (χ4n) is 1.99. The van der Waals surface area contributed by atoms with E-state index in [0.29, 0.717) is 5.56 Å². The Morgan fingerprint density at radius 1 is 1.33 bits per heavy atom. The Labute approximate surface area is 131 Å². The van der Waals surface area contributed by atoms with E-state index in [9.17, 15) is 9.18 Å². The minimum atomic E-state index is -0.565.